The number of anilines is 1. The van der Waals surface area contributed by atoms with Crippen molar-refractivity contribution in [3.8, 4) is 0 Å². The summed E-state index contributed by atoms with van der Waals surface area (Å²) in [6.45, 7) is 6.50. The molecule has 0 saturated heterocycles. The van der Waals surface area contributed by atoms with Crippen LogP contribution in [0.5, 0.6) is 0 Å². The molecule has 1 N–H and O–H groups in total. The van der Waals surface area contributed by atoms with Gasteiger partial charge in [-0.15, -0.1) is 0 Å². The van der Waals surface area contributed by atoms with Gasteiger partial charge in [-0.1, -0.05) is 42.0 Å². The lowest BCUT2D eigenvalue weighted by Crippen LogP contribution is -2.19. The molecule has 1 aliphatic rings. The van der Waals surface area contributed by atoms with E-state index in [2.05, 4.69) is 66.5 Å². The zero-order valence-electron chi connectivity index (χ0n) is 13.2. The lowest BCUT2D eigenvalue weighted by Gasteiger charge is -2.20. The van der Waals surface area contributed by atoms with Gasteiger partial charge in [0.1, 0.15) is 0 Å². The molecule has 2 heteroatoms. The van der Waals surface area contributed by atoms with E-state index < -0.39 is 0 Å². The molecule has 0 radical (unpaired) electrons. The van der Waals surface area contributed by atoms with E-state index in [1.54, 1.807) is 0 Å². The molecule has 1 heterocycles. The molecule has 2 aromatic carbocycles. The summed E-state index contributed by atoms with van der Waals surface area (Å²) in [5.74, 6) is 0. The summed E-state index contributed by atoms with van der Waals surface area (Å²) in [6, 6.07) is 16.2. The molecule has 1 aliphatic heterocycles. The number of hydrogen-bond acceptors (Lipinski definition) is 2. The molecule has 0 aliphatic carbocycles. The van der Waals surface area contributed by atoms with Crippen LogP contribution in [0, 0.1) is 6.92 Å². The zero-order chi connectivity index (χ0) is 14.8. The predicted molar refractivity (Wildman–Crippen MR) is 89.8 cm³/mol. The fourth-order valence-corrected chi connectivity index (χ4v) is 3.12. The first-order valence-electron chi connectivity index (χ1n) is 7.78. The second-order valence-corrected chi connectivity index (χ2v) is 6.06. The number of fused-ring (bicyclic) bond motifs is 1. The largest absolute Gasteiger partial charge is 0.367 e. The van der Waals surface area contributed by atoms with Crippen molar-refractivity contribution >= 4 is 5.69 Å². The SMILES string of the molecule is CNC(C)c1ccc2c(c1)CCN2Cc1cccc(C)c1. The van der Waals surface area contributed by atoms with Gasteiger partial charge < -0.3 is 10.2 Å². The summed E-state index contributed by atoms with van der Waals surface area (Å²) in [5.41, 5.74) is 7.01. The summed E-state index contributed by atoms with van der Waals surface area (Å²) in [6.07, 6.45) is 1.16. The van der Waals surface area contributed by atoms with Crippen LogP contribution in [0.4, 0.5) is 5.69 Å². The van der Waals surface area contributed by atoms with E-state index >= 15 is 0 Å². The molecule has 1 unspecified atom stereocenters. The highest BCUT2D eigenvalue weighted by atomic mass is 15.1. The second kappa shape index (κ2) is 5.90. The number of aryl methyl sites for hydroxylation is 1. The first-order chi connectivity index (χ1) is 10.2. The molecule has 2 aromatic rings. The topological polar surface area (TPSA) is 15.3 Å². The van der Waals surface area contributed by atoms with Crippen molar-refractivity contribution in [1.29, 1.82) is 0 Å². The lowest BCUT2D eigenvalue weighted by atomic mass is 10.0. The van der Waals surface area contributed by atoms with Gasteiger partial charge in [-0.05, 0) is 50.1 Å². The monoisotopic (exact) mass is 280 g/mol. The second-order valence-electron chi connectivity index (χ2n) is 6.06. The predicted octanol–water partition coefficient (Wildman–Crippen LogP) is 3.84. The minimum Gasteiger partial charge on any atom is -0.367 e. The van der Waals surface area contributed by atoms with Gasteiger partial charge in [-0.3, -0.25) is 0 Å². The maximum absolute atomic E-state index is 3.32. The van der Waals surface area contributed by atoms with Crippen LogP contribution in [0.3, 0.4) is 0 Å². The highest BCUT2D eigenvalue weighted by Gasteiger charge is 2.20. The summed E-state index contributed by atoms with van der Waals surface area (Å²) >= 11 is 0. The van der Waals surface area contributed by atoms with E-state index in [0.717, 1.165) is 19.5 Å². The van der Waals surface area contributed by atoms with Crippen LogP contribution in [0.2, 0.25) is 0 Å². The first-order valence-corrected chi connectivity index (χ1v) is 7.78. The Bertz CT molecular complexity index is 633. The van der Waals surface area contributed by atoms with Crippen molar-refractivity contribution in [3.63, 3.8) is 0 Å². The van der Waals surface area contributed by atoms with Gasteiger partial charge in [0.05, 0.1) is 0 Å². The molecule has 0 amide bonds. The fraction of sp³-hybridized carbons (Fsp3) is 0.368. The van der Waals surface area contributed by atoms with Crippen molar-refractivity contribution < 1.29 is 0 Å². The van der Waals surface area contributed by atoms with Crippen LogP contribution in [0.1, 0.15) is 35.2 Å². The average Bonchev–Trinajstić information content (AvgIpc) is 2.89. The van der Waals surface area contributed by atoms with Crippen LogP contribution in [0.25, 0.3) is 0 Å². The van der Waals surface area contributed by atoms with Crippen molar-refractivity contribution in [2.45, 2.75) is 32.9 Å². The average molecular weight is 280 g/mol. The van der Waals surface area contributed by atoms with E-state index in [9.17, 15) is 0 Å². The highest BCUT2D eigenvalue weighted by Crippen LogP contribution is 2.31. The van der Waals surface area contributed by atoms with E-state index in [1.807, 2.05) is 7.05 Å². The Kier molecular flexibility index (Phi) is 3.98. The molecule has 3 rings (SSSR count). The van der Waals surface area contributed by atoms with Crippen LogP contribution >= 0.6 is 0 Å². The van der Waals surface area contributed by atoms with Crippen LogP contribution < -0.4 is 10.2 Å². The number of nitrogens with zero attached hydrogens (tertiary/aromatic N) is 1. The molecule has 0 aromatic heterocycles. The van der Waals surface area contributed by atoms with E-state index in [1.165, 1.54) is 27.9 Å². The molecule has 0 saturated carbocycles. The zero-order valence-corrected chi connectivity index (χ0v) is 13.2. The molecule has 2 nitrogen and oxygen atoms in total. The smallest absolute Gasteiger partial charge is 0.0429 e. The number of rotatable bonds is 4. The first kappa shape index (κ1) is 14.2. The van der Waals surface area contributed by atoms with Gasteiger partial charge in [-0.2, -0.15) is 0 Å². The maximum atomic E-state index is 3.32. The molecule has 0 bridgehead atoms. The molecular formula is C19H24N2. The molecule has 0 spiro atoms. The number of hydrogen-bond donors (Lipinski definition) is 1. The molecule has 0 fully saturated rings. The summed E-state index contributed by atoms with van der Waals surface area (Å²) in [5, 5.41) is 3.32. The van der Waals surface area contributed by atoms with Crippen LogP contribution in [0.15, 0.2) is 42.5 Å². The van der Waals surface area contributed by atoms with E-state index in [-0.39, 0.29) is 0 Å². The highest BCUT2D eigenvalue weighted by molar-refractivity contribution is 5.59. The van der Waals surface area contributed by atoms with Gasteiger partial charge in [0.2, 0.25) is 0 Å². The van der Waals surface area contributed by atoms with Crippen LogP contribution in [-0.2, 0) is 13.0 Å². The molecule has 110 valence electrons. The van der Waals surface area contributed by atoms with Crippen molar-refractivity contribution in [1.82, 2.24) is 5.32 Å². The number of nitrogens with one attached hydrogen (secondary N) is 1. The standard InChI is InChI=1S/C19H24N2/c1-14-5-4-6-16(11-14)13-21-10-9-18-12-17(15(2)20-3)7-8-19(18)21/h4-8,11-12,15,20H,9-10,13H2,1-3H3. The quantitative estimate of drug-likeness (QED) is 0.915. The van der Waals surface area contributed by atoms with Gasteiger partial charge >= 0.3 is 0 Å². The third kappa shape index (κ3) is 2.96. The summed E-state index contributed by atoms with van der Waals surface area (Å²) < 4.78 is 0. The van der Waals surface area contributed by atoms with Gasteiger partial charge in [0, 0.05) is 24.8 Å². The minimum atomic E-state index is 0.418. The summed E-state index contributed by atoms with van der Waals surface area (Å²) in [4.78, 5) is 2.50. The molecular weight excluding hydrogens is 256 g/mol. The normalized spacial score (nSPS) is 15.1. The fourth-order valence-electron chi connectivity index (χ4n) is 3.12. The van der Waals surface area contributed by atoms with Crippen molar-refractivity contribution in [2.75, 3.05) is 18.5 Å². The number of benzene rings is 2. The van der Waals surface area contributed by atoms with Crippen LogP contribution in [-0.4, -0.2) is 13.6 Å². The van der Waals surface area contributed by atoms with Crippen molar-refractivity contribution in [3.05, 3.63) is 64.7 Å². The Morgan fingerprint density at radius 3 is 2.81 bits per heavy atom. The summed E-state index contributed by atoms with van der Waals surface area (Å²) in [7, 11) is 2.02. The third-order valence-electron chi connectivity index (χ3n) is 4.48. The lowest BCUT2D eigenvalue weighted by molar-refractivity contribution is 0.652. The maximum Gasteiger partial charge on any atom is 0.0429 e. The van der Waals surface area contributed by atoms with E-state index in [4.69, 9.17) is 0 Å². The molecule has 21 heavy (non-hydrogen) atoms. The van der Waals surface area contributed by atoms with E-state index in [0.29, 0.717) is 6.04 Å². The van der Waals surface area contributed by atoms with Crippen molar-refractivity contribution in [2.24, 2.45) is 0 Å². The van der Waals surface area contributed by atoms with Gasteiger partial charge in [-0.25, -0.2) is 0 Å². The Morgan fingerprint density at radius 2 is 2.05 bits per heavy atom. The Balaban J connectivity index is 1.81. The Hall–Kier alpha value is -1.80. The third-order valence-corrected chi connectivity index (χ3v) is 4.48. The Labute approximate surface area is 127 Å². The van der Waals surface area contributed by atoms with Gasteiger partial charge in [0.25, 0.3) is 0 Å². The Morgan fingerprint density at radius 1 is 1.19 bits per heavy atom. The molecule has 1 atom stereocenters. The minimum absolute atomic E-state index is 0.418. The van der Waals surface area contributed by atoms with Gasteiger partial charge in [0.15, 0.2) is 0 Å².